The number of nitrogens with zero attached hydrogens (tertiary/aromatic N) is 1. The zero-order valence-electron chi connectivity index (χ0n) is 9.64. The van der Waals surface area contributed by atoms with Crippen LogP contribution < -0.4 is 28.5 Å². The Morgan fingerprint density at radius 2 is 1.82 bits per heavy atom. The lowest BCUT2D eigenvalue weighted by molar-refractivity contribution is -0.683. The summed E-state index contributed by atoms with van der Waals surface area (Å²) in [7, 11) is 0. The summed E-state index contributed by atoms with van der Waals surface area (Å²) < 4.78 is 1.91. The van der Waals surface area contributed by atoms with Crippen molar-refractivity contribution in [3.63, 3.8) is 0 Å². The van der Waals surface area contributed by atoms with Gasteiger partial charge in [0, 0.05) is 17.2 Å². The molecule has 0 aliphatic heterocycles. The first-order valence-electron chi connectivity index (χ1n) is 5.30. The summed E-state index contributed by atoms with van der Waals surface area (Å²) in [6.07, 6.45) is 3.88. The number of rotatable bonds is 3. The molecule has 2 rings (SSSR count). The van der Waals surface area contributed by atoms with Crippen LogP contribution in [0.5, 0.6) is 0 Å². The van der Waals surface area contributed by atoms with Gasteiger partial charge in [-0.15, -0.1) is 0 Å². The second-order valence-corrected chi connectivity index (χ2v) is 3.84. The van der Waals surface area contributed by atoms with Crippen LogP contribution in [0.15, 0.2) is 54.9 Å². The van der Waals surface area contributed by atoms with Gasteiger partial charge in [-0.1, -0.05) is 30.3 Å². The molecule has 1 heterocycles. The summed E-state index contributed by atoms with van der Waals surface area (Å²) in [6, 6.07) is 13.3. The van der Waals surface area contributed by atoms with E-state index in [0.717, 1.165) is 11.1 Å². The third-order valence-electron chi connectivity index (χ3n) is 2.43. The molecule has 2 nitrogen and oxygen atoms in total. The van der Waals surface area contributed by atoms with E-state index in [2.05, 4.69) is 0 Å². The predicted molar refractivity (Wildman–Crippen MR) is 62.1 cm³/mol. The van der Waals surface area contributed by atoms with Gasteiger partial charge in [-0.3, -0.25) is 4.79 Å². The molecule has 0 amide bonds. The van der Waals surface area contributed by atoms with Crippen LogP contribution in [0.3, 0.4) is 0 Å². The number of pyridine rings is 1. The van der Waals surface area contributed by atoms with E-state index in [-0.39, 0.29) is 29.8 Å². The number of carbonyl (C=O) groups excluding carboxylic acids is 1. The normalized spacial score (nSPS) is 9.47. The molecule has 0 radical (unpaired) electrons. The van der Waals surface area contributed by atoms with E-state index in [1.54, 1.807) is 0 Å². The van der Waals surface area contributed by atoms with Crippen molar-refractivity contribution in [1.29, 1.82) is 0 Å². The van der Waals surface area contributed by atoms with Crippen LogP contribution in [0.4, 0.5) is 0 Å². The Balaban J connectivity index is 0.00000144. The van der Waals surface area contributed by atoms with Crippen molar-refractivity contribution >= 4 is 5.78 Å². The molecule has 3 heteroatoms. The number of halogens is 1. The lowest BCUT2D eigenvalue weighted by Crippen LogP contribution is -3.00. The number of hydrogen-bond acceptors (Lipinski definition) is 1. The molecule has 0 bridgehead atoms. The number of ketones is 1. The van der Waals surface area contributed by atoms with Crippen LogP contribution in [0.2, 0.25) is 0 Å². The van der Waals surface area contributed by atoms with E-state index in [0.29, 0.717) is 6.54 Å². The monoisotopic (exact) mass is 339 g/mol. The zero-order valence-corrected chi connectivity index (χ0v) is 11.8. The number of carbonyl (C=O) groups is 1. The van der Waals surface area contributed by atoms with Crippen molar-refractivity contribution in [1.82, 2.24) is 0 Å². The Labute approximate surface area is 118 Å². The van der Waals surface area contributed by atoms with Crippen molar-refractivity contribution < 1.29 is 33.3 Å². The zero-order chi connectivity index (χ0) is 11.4. The predicted octanol–water partition coefficient (Wildman–Crippen LogP) is -0.831. The maximum atomic E-state index is 11.9. The van der Waals surface area contributed by atoms with Gasteiger partial charge in [0.2, 0.25) is 12.3 Å². The third kappa shape index (κ3) is 3.93. The molecule has 17 heavy (non-hydrogen) atoms. The molecule has 2 aromatic rings. The fraction of sp³-hybridized carbons (Fsp3) is 0.143. The first kappa shape index (κ1) is 13.8. The Morgan fingerprint density at radius 1 is 1.12 bits per heavy atom. The number of benzene rings is 1. The molecular formula is C14H14INO. The summed E-state index contributed by atoms with van der Waals surface area (Å²) in [4.78, 5) is 11.9. The van der Waals surface area contributed by atoms with Crippen molar-refractivity contribution in [2.75, 3.05) is 0 Å². The summed E-state index contributed by atoms with van der Waals surface area (Å²) in [5, 5.41) is 0. The van der Waals surface area contributed by atoms with E-state index in [4.69, 9.17) is 0 Å². The van der Waals surface area contributed by atoms with E-state index in [1.807, 2.05) is 66.3 Å². The van der Waals surface area contributed by atoms with E-state index in [1.165, 1.54) is 0 Å². The van der Waals surface area contributed by atoms with Gasteiger partial charge < -0.3 is 24.0 Å². The largest absolute Gasteiger partial charge is 1.00 e. The summed E-state index contributed by atoms with van der Waals surface area (Å²) in [5.74, 6) is 0.135. The quantitative estimate of drug-likeness (QED) is 0.406. The van der Waals surface area contributed by atoms with E-state index < -0.39 is 0 Å². The summed E-state index contributed by atoms with van der Waals surface area (Å²) >= 11 is 0. The lowest BCUT2D eigenvalue weighted by Gasteiger charge is -1.98. The SMILES string of the molecule is Cc1ccc[n+](CC(=O)c2ccccc2)c1.[I-]. The Hall–Kier alpha value is -1.23. The molecule has 0 saturated heterocycles. The second-order valence-electron chi connectivity index (χ2n) is 3.84. The molecule has 0 fully saturated rings. The Bertz CT molecular complexity index is 497. The summed E-state index contributed by atoms with van der Waals surface area (Å²) in [5.41, 5.74) is 1.92. The van der Waals surface area contributed by atoms with Gasteiger partial charge in [0.25, 0.3) is 0 Å². The molecule has 1 aromatic carbocycles. The molecular weight excluding hydrogens is 325 g/mol. The fourth-order valence-electron chi connectivity index (χ4n) is 1.63. The van der Waals surface area contributed by atoms with Crippen LogP contribution >= 0.6 is 0 Å². The van der Waals surface area contributed by atoms with Crippen molar-refractivity contribution in [3.05, 3.63) is 66.0 Å². The molecule has 0 spiro atoms. The standard InChI is InChI=1S/C14H14NO.HI/c1-12-6-5-9-15(10-12)11-14(16)13-7-3-2-4-8-13;/h2-10H,11H2,1H3;1H/q+1;/p-1. The van der Waals surface area contributed by atoms with Crippen LogP contribution in [0.1, 0.15) is 15.9 Å². The molecule has 0 aliphatic rings. The molecule has 88 valence electrons. The Morgan fingerprint density at radius 3 is 2.47 bits per heavy atom. The highest BCUT2D eigenvalue weighted by Crippen LogP contribution is 2.00. The highest BCUT2D eigenvalue weighted by atomic mass is 127. The minimum absolute atomic E-state index is 0. The smallest absolute Gasteiger partial charge is 0.227 e. The average molecular weight is 339 g/mol. The number of hydrogen-bond donors (Lipinski definition) is 0. The van der Waals surface area contributed by atoms with Gasteiger partial charge in [0.15, 0.2) is 12.4 Å². The summed E-state index contributed by atoms with van der Waals surface area (Å²) in [6.45, 7) is 2.41. The van der Waals surface area contributed by atoms with Crippen molar-refractivity contribution in [3.8, 4) is 0 Å². The van der Waals surface area contributed by atoms with Crippen LogP contribution in [0, 0.1) is 6.92 Å². The minimum atomic E-state index is 0. The highest BCUT2D eigenvalue weighted by molar-refractivity contribution is 5.94. The molecule has 0 saturated carbocycles. The molecule has 0 atom stereocenters. The number of aryl methyl sites for hydroxylation is 1. The maximum Gasteiger partial charge on any atom is 0.227 e. The Kier molecular flexibility index (Phi) is 5.28. The molecule has 0 unspecified atom stereocenters. The van der Waals surface area contributed by atoms with Crippen molar-refractivity contribution in [2.45, 2.75) is 13.5 Å². The van der Waals surface area contributed by atoms with Gasteiger partial charge in [-0.25, -0.2) is 0 Å². The topological polar surface area (TPSA) is 20.9 Å². The van der Waals surface area contributed by atoms with Crippen molar-refractivity contribution in [2.24, 2.45) is 0 Å². The minimum Gasteiger partial charge on any atom is -1.00 e. The maximum absolute atomic E-state index is 11.9. The van der Waals surface area contributed by atoms with Gasteiger partial charge in [0.1, 0.15) is 0 Å². The van der Waals surface area contributed by atoms with Gasteiger partial charge in [0.05, 0.1) is 0 Å². The van der Waals surface area contributed by atoms with Crippen LogP contribution in [0.25, 0.3) is 0 Å². The average Bonchev–Trinajstić information content (AvgIpc) is 2.30. The number of Topliss-reactive ketones (excluding diaryl/α,β-unsaturated/α-hetero) is 1. The van der Waals surface area contributed by atoms with Crippen LogP contribution in [-0.4, -0.2) is 5.78 Å². The fourth-order valence-corrected chi connectivity index (χ4v) is 1.63. The van der Waals surface area contributed by atoms with E-state index >= 15 is 0 Å². The third-order valence-corrected chi connectivity index (χ3v) is 2.43. The number of aromatic nitrogens is 1. The van der Waals surface area contributed by atoms with Crippen LogP contribution in [-0.2, 0) is 6.54 Å². The highest BCUT2D eigenvalue weighted by Gasteiger charge is 2.10. The molecule has 1 aromatic heterocycles. The first-order chi connectivity index (χ1) is 7.75. The molecule has 0 N–H and O–H groups in total. The molecule has 0 aliphatic carbocycles. The van der Waals surface area contributed by atoms with Gasteiger partial charge in [-0.05, 0) is 13.0 Å². The van der Waals surface area contributed by atoms with Gasteiger partial charge >= 0.3 is 0 Å². The first-order valence-corrected chi connectivity index (χ1v) is 5.30. The van der Waals surface area contributed by atoms with E-state index in [9.17, 15) is 4.79 Å². The lowest BCUT2D eigenvalue weighted by atomic mass is 10.1. The van der Waals surface area contributed by atoms with Gasteiger partial charge in [-0.2, -0.15) is 4.57 Å². The second kappa shape index (κ2) is 6.49.